The summed E-state index contributed by atoms with van der Waals surface area (Å²) in [5, 5.41) is 0. The first kappa shape index (κ1) is 15.7. The van der Waals surface area contributed by atoms with Crippen LogP contribution in [0.15, 0.2) is 47.5 Å². The van der Waals surface area contributed by atoms with Crippen molar-refractivity contribution in [1.82, 2.24) is 14.8 Å². The largest absolute Gasteiger partial charge is 0.357 e. The first-order valence-electron chi connectivity index (χ1n) is 7.55. The van der Waals surface area contributed by atoms with Crippen molar-refractivity contribution in [2.24, 2.45) is 0 Å². The van der Waals surface area contributed by atoms with Crippen LogP contribution < -0.4 is 0 Å². The van der Waals surface area contributed by atoms with Crippen molar-refractivity contribution in [3.63, 3.8) is 0 Å². The van der Waals surface area contributed by atoms with Gasteiger partial charge in [0, 0.05) is 42.8 Å². The lowest BCUT2D eigenvalue weighted by Gasteiger charge is -2.34. The van der Waals surface area contributed by atoms with E-state index in [1.165, 1.54) is 0 Å². The Kier molecular flexibility index (Phi) is 4.71. The van der Waals surface area contributed by atoms with Crippen LogP contribution in [0.5, 0.6) is 0 Å². The van der Waals surface area contributed by atoms with Crippen LogP contribution >= 0.6 is 11.8 Å². The van der Waals surface area contributed by atoms with Gasteiger partial charge >= 0.3 is 0 Å². The van der Waals surface area contributed by atoms with E-state index >= 15 is 0 Å². The summed E-state index contributed by atoms with van der Waals surface area (Å²) in [5.74, 6) is 0.0241. The average Bonchev–Trinajstić information content (AvgIpc) is 3.15. The Labute approximate surface area is 139 Å². The van der Waals surface area contributed by atoms with Crippen LogP contribution in [0.4, 0.5) is 0 Å². The molecule has 1 aliphatic heterocycles. The number of piperazine rings is 1. The van der Waals surface area contributed by atoms with Crippen molar-refractivity contribution in [3.8, 4) is 0 Å². The number of aromatic amines is 1. The molecule has 0 saturated carbocycles. The van der Waals surface area contributed by atoms with E-state index in [9.17, 15) is 9.59 Å². The van der Waals surface area contributed by atoms with E-state index in [2.05, 4.69) is 4.98 Å². The highest BCUT2D eigenvalue weighted by atomic mass is 32.2. The van der Waals surface area contributed by atoms with Crippen LogP contribution in [-0.2, 0) is 0 Å². The van der Waals surface area contributed by atoms with E-state index in [0.717, 1.165) is 4.90 Å². The van der Waals surface area contributed by atoms with Gasteiger partial charge in [-0.1, -0.05) is 0 Å². The van der Waals surface area contributed by atoms with E-state index in [1.54, 1.807) is 28.9 Å². The number of nitrogens with zero attached hydrogens (tertiary/aromatic N) is 2. The molecule has 1 aromatic carbocycles. The first-order chi connectivity index (χ1) is 11.2. The summed E-state index contributed by atoms with van der Waals surface area (Å²) in [6.45, 7) is 2.25. The van der Waals surface area contributed by atoms with E-state index in [4.69, 9.17) is 0 Å². The van der Waals surface area contributed by atoms with Crippen molar-refractivity contribution in [2.45, 2.75) is 4.90 Å². The molecule has 0 spiro atoms. The summed E-state index contributed by atoms with van der Waals surface area (Å²) >= 11 is 1.65. The number of rotatable bonds is 3. The van der Waals surface area contributed by atoms with E-state index < -0.39 is 0 Å². The fourth-order valence-electron chi connectivity index (χ4n) is 2.66. The molecule has 1 aromatic heterocycles. The van der Waals surface area contributed by atoms with Crippen molar-refractivity contribution >= 4 is 23.6 Å². The van der Waals surface area contributed by atoms with E-state index in [-0.39, 0.29) is 11.8 Å². The lowest BCUT2D eigenvalue weighted by molar-refractivity contribution is 0.0532. The molecule has 120 valence electrons. The van der Waals surface area contributed by atoms with Gasteiger partial charge in [-0.15, -0.1) is 11.8 Å². The predicted molar refractivity (Wildman–Crippen MR) is 90.8 cm³/mol. The zero-order chi connectivity index (χ0) is 16.2. The topological polar surface area (TPSA) is 56.4 Å². The Morgan fingerprint density at radius 3 is 2.09 bits per heavy atom. The number of benzene rings is 1. The minimum Gasteiger partial charge on any atom is -0.357 e. The third kappa shape index (κ3) is 3.42. The van der Waals surface area contributed by atoms with E-state index in [0.29, 0.717) is 37.4 Å². The number of carbonyl (C=O) groups is 2. The summed E-state index contributed by atoms with van der Waals surface area (Å²) in [6, 6.07) is 11.2. The van der Waals surface area contributed by atoms with Crippen LogP contribution in [0.25, 0.3) is 0 Å². The third-order valence-corrected chi connectivity index (χ3v) is 4.76. The van der Waals surface area contributed by atoms with E-state index in [1.807, 2.05) is 41.5 Å². The molecule has 0 atom stereocenters. The number of hydrogen-bond acceptors (Lipinski definition) is 3. The molecule has 0 bridgehead atoms. The van der Waals surface area contributed by atoms with Gasteiger partial charge in [0.05, 0.1) is 0 Å². The smallest absolute Gasteiger partial charge is 0.270 e. The zero-order valence-electron chi connectivity index (χ0n) is 13.0. The fraction of sp³-hybridized carbons (Fsp3) is 0.294. The minimum absolute atomic E-state index is 0.00794. The molecular formula is C17H19N3O2S. The molecule has 1 N–H and O–H groups in total. The Morgan fingerprint density at radius 2 is 1.57 bits per heavy atom. The van der Waals surface area contributed by atoms with Gasteiger partial charge in [0.1, 0.15) is 5.69 Å². The van der Waals surface area contributed by atoms with Gasteiger partial charge in [-0.2, -0.15) is 0 Å². The molecule has 2 heterocycles. The second-order valence-corrected chi connectivity index (χ2v) is 6.28. The van der Waals surface area contributed by atoms with Gasteiger partial charge in [-0.05, 0) is 42.7 Å². The molecule has 2 aromatic rings. The van der Waals surface area contributed by atoms with Crippen LogP contribution in [0.2, 0.25) is 0 Å². The standard InChI is InChI=1S/C17H19N3O2S/c1-23-14-6-4-13(5-7-14)16(21)19-9-11-20(12-10-19)17(22)15-3-2-8-18-15/h2-8,18H,9-12H2,1H3. The van der Waals surface area contributed by atoms with Gasteiger partial charge in [0.25, 0.3) is 11.8 Å². The zero-order valence-corrected chi connectivity index (χ0v) is 13.8. The van der Waals surface area contributed by atoms with Gasteiger partial charge in [0.15, 0.2) is 0 Å². The predicted octanol–water partition coefficient (Wildman–Crippen LogP) is 2.33. The Hall–Kier alpha value is -2.21. The van der Waals surface area contributed by atoms with Gasteiger partial charge in [-0.25, -0.2) is 0 Å². The molecule has 6 heteroatoms. The molecule has 2 amide bonds. The minimum atomic E-state index is -0.00794. The maximum atomic E-state index is 12.5. The lowest BCUT2D eigenvalue weighted by Crippen LogP contribution is -2.50. The SMILES string of the molecule is CSc1ccc(C(=O)N2CCN(C(=O)c3ccc[nH]3)CC2)cc1. The fourth-order valence-corrected chi connectivity index (χ4v) is 3.07. The molecule has 0 unspecified atom stereocenters. The number of H-pyrrole nitrogens is 1. The van der Waals surface area contributed by atoms with Gasteiger partial charge in [0.2, 0.25) is 0 Å². The molecule has 3 rings (SSSR count). The lowest BCUT2D eigenvalue weighted by atomic mass is 10.2. The van der Waals surface area contributed by atoms with Crippen LogP contribution in [-0.4, -0.2) is 59.0 Å². The Balaban J connectivity index is 1.59. The summed E-state index contributed by atoms with van der Waals surface area (Å²) in [5.41, 5.74) is 1.30. The molecule has 0 radical (unpaired) electrons. The number of hydrogen-bond donors (Lipinski definition) is 1. The second kappa shape index (κ2) is 6.91. The Morgan fingerprint density at radius 1 is 0.957 bits per heavy atom. The summed E-state index contributed by atoms with van der Waals surface area (Å²) in [7, 11) is 0. The van der Waals surface area contributed by atoms with Crippen molar-refractivity contribution in [1.29, 1.82) is 0 Å². The monoisotopic (exact) mass is 329 g/mol. The highest BCUT2D eigenvalue weighted by Crippen LogP contribution is 2.17. The molecule has 5 nitrogen and oxygen atoms in total. The first-order valence-corrected chi connectivity index (χ1v) is 8.77. The maximum absolute atomic E-state index is 12.5. The van der Waals surface area contributed by atoms with Crippen LogP contribution in [0, 0.1) is 0 Å². The molecule has 23 heavy (non-hydrogen) atoms. The second-order valence-electron chi connectivity index (χ2n) is 5.40. The number of thioether (sulfide) groups is 1. The van der Waals surface area contributed by atoms with Gasteiger partial charge in [-0.3, -0.25) is 9.59 Å². The number of aromatic nitrogens is 1. The normalized spacial score (nSPS) is 14.8. The highest BCUT2D eigenvalue weighted by Gasteiger charge is 2.25. The molecule has 1 saturated heterocycles. The van der Waals surface area contributed by atoms with Crippen LogP contribution in [0.1, 0.15) is 20.8 Å². The third-order valence-electron chi connectivity index (χ3n) is 4.02. The maximum Gasteiger partial charge on any atom is 0.270 e. The summed E-state index contributed by atoms with van der Waals surface area (Å²) in [6.07, 6.45) is 3.75. The van der Waals surface area contributed by atoms with Crippen molar-refractivity contribution in [3.05, 3.63) is 53.9 Å². The number of carbonyl (C=O) groups excluding carboxylic acids is 2. The average molecular weight is 329 g/mol. The highest BCUT2D eigenvalue weighted by molar-refractivity contribution is 7.98. The van der Waals surface area contributed by atoms with Crippen molar-refractivity contribution in [2.75, 3.05) is 32.4 Å². The quantitative estimate of drug-likeness (QED) is 0.880. The Bertz CT molecular complexity index is 674. The summed E-state index contributed by atoms with van der Waals surface area (Å²) < 4.78 is 0. The van der Waals surface area contributed by atoms with Crippen molar-refractivity contribution < 1.29 is 9.59 Å². The summed E-state index contributed by atoms with van der Waals surface area (Å²) in [4.78, 5) is 32.4. The number of nitrogens with one attached hydrogen (secondary N) is 1. The number of amides is 2. The molecule has 1 aliphatic rings. The van der Waals surface area contributed by atoms with Crippen LogP contribution in [0.3, 0.4) is 0 Å². The molecule has 0 aliphatic carbocycles. The molecule has 1 fully saturated rings. The van der Waals surface area contributed by atoms with Gasteiger partial charge < -0.3 is 14.8 Å². The molecular weight excluding hydrogens is 310 g/mol.